The number of hydrogen-bond donors (Lipinski definition) is 1. The van der Waals surface area contributed by atoms with E-state index in [1.807, 2.05) is 26.2 Å². The van der Waals surface area contributed by atoms with Gasteiger partial charge in [0.2, 0.25) is 0 Å². The summed E-state index contributed by atoms with van der Waals surface area (Å²) in [5, 5.41) is 4.78. The van der Waals surface area contributed by atoms with Crippen LogP contribution in [-0.2, 0) is 20.0 Å². The second kappa shape index (κ2) is 8.94. The summed E-state index contributed by atoms with van der Waals surface area (Å²) in [6.45, 7) is 4.00. The van der Waals surface area contributed by atoms with E-state index in [9.17, 15) is 8.42 Å². The summed E-state index contributed by atoms with van der Waals surface area (Å²) in [7, 11) is -1.21. The molecule has 0 radical (unpaired) electrons. The first-order valence-corrected chi connectivity index (χ1v) is 12.3. The molecule has 4 nitrogen and oxygen atoms in total. The van der Waals surface area contributed by atoms with Crippen molar-refractivity contribution in [3.8, 4) is 0 Å². The van der Waals surface area contributed by atoms with Crippen LogP contribution >= 0.6 is 23.2 Å². The maximum atomic E-state index is 10.9. The first kappa shape index (κ1) is 22.6. The Hall–Kier alpha value is -1.11. The van der Waals surface area contributed by atoms with E-state index in [-0.39, 0.29) is 5.41 Å². The molecule has 4 rings (SSSR count). The molecule has 2 aromatic carbocycles. The number of ether oxygens (including phenoxy) is 1. The van der Waals surface area contributed by atoms with Crippen LogP contribution in [0.5, 0.6) is 0 Å². The highest BCUT2D eigenvalue weighted by atomic mass is 35.5. The minimum Gasteiger partial charge on any atom is -0.381 e. The van der Waals surface area contributed by atoms with Crippen LogP contribution in [0.15, 0.2) is 47.4 Å². The van der Waals surface area contributed by atoms with Gasteiger partial charge in [-0.1, -0.05) is 47.0 Å². The van der Waals surface area contributed by atoms with E-state index in [2.05, 4.69) is 11.4 Å². The number of benzene rings is 2. The van der Waals surface area contributed by atoms with Crippen molar-refractivity contribution in [2.75, 3.05) is 26.5 Å². The quantitative estimate of drug-likeness (QED) is 0.730. The van der Waals surface area contributed by atoms with Crippen molar-refractivity contribution in [3.63, 3.8) is 0 Å². The number of rotatable bonds is 3. The highest BCUT2D eigenvalue weighted by molar-refractivity contribution is 7.90. The summed E-state index contributed by atoms with van der Waals surface area (Å²) in [6.07, 6.45) is 3.77. The third-order valence-electron chi connectivity index (χ3n) is 6.03. The zero-order chi connectivity index (χ0) is 21.2. The summed E-state index contributed by atoms with van der Waals surface area (Å²) >= 11 is 12.2. The summed E-state index contributed by atoms with van der Waals surface area (Å²) in [6, 6.07) is 12.9. The number of nitrogens with one attached hydrogen (secondary N) is 1. The van der Waals surface area contributed by atoms with Gasteiger partial charge in [0.15, 0.2) is 9.84 Å². The lowest BCUT2D eigenvalue weighted by Gasteiger charge is -2.29. The summed E-state index contributed by atoms with van der Waals surface area (Å²) < 4.78 is 27.4. The molecule has 7 heteroatoms. The summed E-state index contributed by atoms with van der Waals surface area (Å²) in [5.74, 6) is 0.639. The van der Waals surface area contributed by atoms with Crippen molar-refractivity contribution in [1.29, 1.82) is 0 Å². The minimum absolute atomic E-state index is 0.176. The topological polar surface area (TPSA) is 55.4 Å². The van der Waals surface area contributed by atoms with Crippen LogP contribution in [0.4, 0.5) is 0 Å². The first-order chi connectivity index (χ1) is 13.7. The highest BCUT2D eigenvalue weighted by Crippen LogP contribution is 2.49. The maximum absolute atomic E-state index is 10.9. The Balaban J connectivity index is 0.000000188. The number of aryl methyl sites for hydroxylation is 1. The van der Waals surface area contributed by atoms with Gasteiger partial charge >= 0.3 is 0 Å². The van der Waals surface area contributed by atoms with Gasteiger partial charge in [0.05, 0.1) is 21.0 Å². The summed E-state index contributed by atoms with van der Waals surface area (Å²) in [4.78, 5) is 0.378. The average molecular weight is 456 g/mol. The molecule has 1 saturated carbocycles. The lowest BCUT2D eigenvalue weighted by atomic mass is 9.74. The lowest BCUT2D eigenvalue weighted by molar-refractivity contribution is 0.100. The van der Waals surface area contributed by atoms with E-state index in [0.717, 1.165) is 31.5 Å². The molecule has 0 spiro atoms. The molecular weight excluding hydrogens is 429 g/mol. The van der Waals surface area contributed by atoms with E-state index in [1.54, 1.807) is 24.3 Å². The molecule has 1 aliphatic carbocycles. The maximum Gasteiger partial charge on any atom is 0.175 e. The van der Waals surface area contributed by atoms with Crippen LogP contribution in [0, 0.1) is 12.8 Å². The van der Waals surface area contributed by atoms with Gasteiger partial charge in [-0.2, -0.15) is 0 Å². The Morgan fingerprint density at radius 3 is 2.38 bits per heavy atom. The normalized spacial score (nSPS) is 26.0. The Labute approximate surface area is 183 Å². The van der Waals surface area contributed by atoms with Crippen molar-refractivity contribution >= 4 is 33.0 Å². The number of hydrogen-bond acceptors (Lipinski definition) is 4. The van der Waals surface area contributed by atoms with Gasteiger partial charge < -0.3 is 10.1 Å². The Bertz CT molecular complexity index is 963. The fourth-order valence-corrected chi connectivity index (χ4v) is 5.32. The molecular formula is C22H27Cl2NO3S. The highest BCUT2D eigenvalue weighted by Gasteiger charge is 2.51. The van der Waals surface area contributed by atoms with Crippen LogP contribution in [-0.4, -0.2) is 41.0 Å². The van der Waals surface area contributed by atoms with E-state index in [0.29, 0.717) is 27.0 Å². The second-order valence-corrected chi connectivity index (χ2v) is 10.8. The van der Waals surface area contributed by atoms with Gasteiger partial charge in [-0.05, 0) is 62.1 Å². The van der Waals surface area contributed by atoms with Crippen molar-refractivity contribution in [1.82, 2.24) is 5.32 Å². The third kappa shape index (κ3) is 4.97. The fraction of sp³-hybridized carbons (Fsp3) is 0.455. The molecule has 1 saturated heterocycles. The largest absolute Gasteiger partial charge is 0.381 e. The standard InChI is InChI=1S/C14H17Cl2NO.C8H10O2S/c1-18-11-4-10-7-17-8-14(10,6-11)9-2-3-12(15)13(16)5-9;1-7-3-5-8(6-4-7)11(2,9)10/h2-3,5,10-11,17H,4,6-8H2,1H3;3-6H,1-2H3/t10-,11-,14+;/m1./s1. The van der Waals surface area contributed by atoms with Crippen molar-refractivity contribution < 1.29 is 13.2 Å². The van der Waals surface area contributed by atoms with E-state index < -0.39 is 9.84 Å². The molecule has 2 aromatic rings. The molecule has 29 heavy (non-hydrogen) atoms. The van der Waals surface area contributed by atoms with Crippen LogP contribution in [0.3, 0.4) is 0 Å². The Morgan fingerprint density at radius 1 is 1.10 bits per heavy atom. The zero-order valence-corrected chi connectivity index (χ0v) is 19.2. The van der Waals surface area contributed by atoms with Gasteiger partial charge in [-0.15, -0.1) is 0 Å². The fourth-order valence-electron chi connectivity index (χ4n) is 4.39. The molecule has 1 N–H and O–H groups in total. The Morgan fingerprint density at radius 2 is 1.79 bits per heavy atom. The molecule has 0 amide bonds. The lowest BCUT2D eigenvalue weighted by Crippen LogP contribution is -2.31. The van der Waals surface area contributed by atoms with Gasteiger partial charge in [0.25, 0.3) is 0 Å². The minimum atomic E-state index is -3.02. The molecule has 2 fully saturated rings. The van der Waals surface area contributed by atoms with Crippen LogP contribution in [0.2, 0.25) is 10.0 Å². The predicted molar refractivity (Wildman–Crippen MR) is 119 cm³/mol. The molecule has 0 unspecified atom stereocenters. The first-order valence-electron chi connectivity index (χ1n) is 9.61. The van der Waals surface area contributed by atoms with Gasteiger partial charge in [0.1, 0.15) is 0 Å². The average Bonchev–Trinajstić information content (AvgIpc) is 3.22. The van der Waals surface area contributed by atoms with Crippen molar-refractivity contribution in [3.05, 3.63) is 63.6 Å². The zero-order valence-electron chi connectivity index (χ0n) is 16.9. The van der Waals surface area contributed by atoms with Gasteiger partial charge in [-0.3, -0.25) is 0 Å². The van der Waals surface area contributed by atoms with E-state index >= 15 is 0 Å². The molecule has 0 bridgehead atoms. The predicted octanol–water partition coefficient (Wildman–Crippen LogP) is 4.66. The molecule has 0 aromatic heterocycles. The van der Waals surface area contributed by atoms with E-state index in [4.69, 9.17) is 27.9 Å². The smallest absolute Gasteiger partial charge is 0.175 e. The second-order valence-electron chi connectivity index (χ2n) is 8.00. The van der Waals surface area contributed by atoms with Gasteiger partial charge in [0, 0.05) is 25.3 Å². The van der Waals surface area contributed by atoms with Crippen LogP contribution < -0.4 is 5.32 Å². The van der Waals surface area contributed by atoms with Gasteiger partial charge in [-0.25, -0.2) is 8.42 Å². The summed E-state index contributed by atoms with van der Waals surface area (Å²) in [5.41, 5.74) is 2.54. The Kier molecular flexibility index (Phi) is 6.96. The molecule has 3 atom stereocenters. The number of methoxy groups -OCH3 is 1. The SMILES string of the molecule is CO[C@@H]1C[C@@H]2CNC[C@]2(c2ccc(Cl)c(Cl)c2)C1.Cc1ccc(S(C)(=O)=O)cc1. The molecule has 1 aliphatic heterocycles. The molecule has 158 valence electrons. The number of sulfone groups is 1. The van der Waals surface area contributed by atoms with Crippen molar-refractivity contribution in [2.24, 2.45) is 5.92 Å². The van der Waals surface area contributed by atoms with Crippen molar-refractivity contribution in [2.45, 2.75) is 36.2 Å². The molecule has 1 heterocycles. The van der Waals surface area contributed by atoms with Crippen LogP contribution in [0.1, 0.15) is 24.0 Å². The number of fused-ring (bicyclic) bond motifs is 1. The van der Waals surface area contributed by atoms with Crippen LogP contribution in [0.25, 0.3) is 0 Å². The number of halogens is 2. The third-order valence-corrected chi connectivity index (χ3v) is 7.90. The molecule has 2 aliphatic rings. The monoisotopic (exact) mass is 455 g/mol. The van der Waals surface area contributed by atoms with E-state index in [1.165, 1.54) is 11.8 Å².